The van der Waals surface area contributed by atoms with E-state index >= 15 is 0 Å². The molecule has 264 valence electrons. The topological polar surface area (TPSA) is 52.8 Å². The molecule has 0 spiro atoms. The third kappa shape index (κ3) is 5.36. The molecule has 7 aromatic carbocycles. The Bertz CT molecular complexity index is 2970. The minimum Gasteiger partial charge on any atom is -0.461 e. The lowest BCUT2D eigenvalue weighted by Crippen LogP contribution is -2.13. The van der Waals surface area contributed by atoms with Gasteiger partial charge in [0.15, 0.2) is 17.5 Å². The van der Waals surface area contributed by atoms with Crippen LogP contribution in [0.4, 0.5) is 0 Å². The van der Waals surface area contributed by atoms with Crippen LogP contribution in [-0.2, 0) is 0 Å². The Morgan fingerprint density at radius 3 is 1.68 bits per heavy atom. The standard InChI is InChI=1S/C51H34N4O/c1-4-13-33(14-5-1)34-23-27-37(28-24-34)50-52-49(36-15-6-2-7-16-36)53-51(54-50)38-29-25-35(26-30-38)40-20-12-22-44-46(40)47-45(56-44)32-31-42-41-19-10-11-21-43(41)55(48(42)47)39-17-8-3-9-18-39/h1-32,40,46H. The molecule has 2 unspecified atom stereocenters. The molecule has 2 aliphatic rings. The molecule has 1 aliphatic carbocycles. The molecule has 5 nitrogen and oxygen atoms in total. The summed E-state index contributed by atoms with van der Waals surface area (Å²) >= 11 is 0. The van der Waals surface area contributed by atoms with Crippen LogP contribution in [0.3, 0.4) is 0 Å². The van der Waals surface area contributed by atoms with Crippen LogP contribution in [0.25, 0.3) is 72.8 Å². The van der Waals surface area contributed by atoms with Gasteiger partial charge in [0.25, 0.3) is 0 Å². The molecule has 0 radical (unpaired) electrons. The minimum atomic E-state index is 0.0173. The Hall–Kier alpha value is -7.37. The Morgan fingerprint density at radius 1 is 0.464 bits per heavy atom. The van der Waals surface area contributed by atoms with Crippen LogP contribution in [0, 0.1) is 0 Å². The number of hydrogen-bond donors (Lipinski definition) is 0. The number of rotatable bonds is 6. The number of fused-ring (bicyclic) bond motifs is 7. The van der Waals surface area contributed by atoms with Gasteiger partial charge in [0.1, 0.15) is 11.5 Å². The van der Waals surface area contributed by atoms with Crippen molar-refractivity contribution in [3.05, 3.63) is 211 Å². The molecule has 0 saturated carbocycles. The predicted octanol–water partition coefficient (Wildman–Crippen LogP) is 12.4. The summed E-state index contributed by atoms with van der Waals surface area (Å²) in [6.07, 6.45) is 6.57. The molecule has 9 aromatic rings. The van der Waals surface area contributed by atoms with Gasteiger partial charge in [-0.1, -0.05) is 158 Å². The highest BCUT2D eigenvalue weighted by atomic mass is 16.5. The van der Waals surface area contributed by atoms with Crippen molar-refractivity contribution in [2.45, 2.75) is 11.8 Å². The van der Waals surface area contributed by atoms with Crippen LogP contribution in [0.1, 0.15) is 23.0 Å². The second-order valence-electron chi connectivity index (χ2n) is 14.4. The molecule has 0 bridgehead atoms. The van der Waals surface area contributed by atoms with Gasteiger partial charge in [-0.2, -0.15) is 0 Å². The van der Waals surface area contributed by atoms with Crippen LogP contribution in [0.5, 0.6) is 5.75 Å². The number of hydrogen-bond acceptors (Lipinski definition) is 4. The molecule has 2 aromatic heterocycles. The summed E-state index contributed by atoms with van der Waals surface area (Å²) in [5, 5.41) is 2.46. The summed E-state index contributed by atoms with van der Waals surface area (Å²) < 4.78 is 9.07. The van der Waals surface area contributed by atoms with E-state index in [1.54, 1.807) is 0 Å². The largest absolute Gasteiger partial charge is 0.461 e. The molecule has 0 N–H and O–H groups in total. The first kappa shape index (κ1) is 32.1. The molecular formula is C51H34N4O. The lowest BCUT2D eigenvalue weighted by Gasteiger charge is -2.25. The van der Waals surface area contributed by atoms with Gasteiger partial charge in [-0.15, -0.1) is 0 Å². The number of ether oxygens (including phenoxy) is 1. The monoisotopic (exact) mass is 718 g/mol. The highest BCUT2D eigenvalue weighted by molar-refractivity contribution is 6.11. The van der Waals surface area contributed by atoms with Crippen molar-refractivity contribution in [1.29, 1.82) is 0 Å². The Kier molecular flexibility index (Phi) is 7.56. The van der Waals surface area contributed by atoms with Crippen molar-refractivity contribution in [3.63, 3.8) is 0 Å². The summed E-state index contributed by atoms with van der Waals surface area (Å²) in [5.41, 5.74) is 11.1. The minimum absolute atomic E-state index is 0.0173. The molecule has 3 heterocycles. The van der Waals surface area contributed by atoms with Gasteiger partial charge in [-0.25, -0.2) is 15.0 Å². The van der Waals surface area contributed by atoms with Crippen LogP contribution < -0.4 is 4.74 Å². The second kappa shape index (κ2) is 13.2. The first-order chi connectivity index (χ1) is 27.8. The van der Waals surface area contributed by atoms with Gasteiger partial charge in [0.05, 0.1) is 17.0 Å². The lowest BCUT2D eigenvalue weighted by atomic mass is 9.78. The third-order valence-electron chi connectivity index (χ3n) is 11.1. The Morgan fingerprint density at radius 2 is 1.00 bits per heavy atom. The first-order valence-corrected chi connectivity index (χ1v) is 19.0. The van der Waals surface area contributed by atoms with Gasteiger partial charge in [-0.3, -0.25) is 0 Å². The molecule has 56 heavy (non-hydrogen) atoms. The SMILES string of the molecule is C1=CC(c2ccc(-c3nc(-c4ccccc4)nc(-c4ccc(-c5ccccc5)cc4)n3)cc2)C2C(=C1)Oc1ccc3c4ccccc4n(-c4ccccc4)c3c12. The average molecular weight is 719 g/mol. The van der Waals surface area contributed by atoms with Crippen molar-refractivity contribution < 1.29 is 4.74 Å². The van der Waals surface area contributed by atoms with Crippen LogP contribution >= 0.6 is 0 Å². The van der Waals surface area contributed by atoms with Crippen molar-refractivity contribution in [2.24, 2.45) is 0 Å². The summed E-state index contributed by atoms with van der Waals surface area (Å²) in [6.45, 7) is 0. The van der Waals surface area contributed by atoms with E-state index in [1.165, 1.54) is 38.5 Å². The fraction of sp³-hybridized carbons (Fsp3) is 0.0392. The predicted molar refractivity (Wildman–Crippen MR) is 226 cm³/mol. The van der Waals surface area contributed by atoms with Crippen LogP contribution in [-0.4, -0.2) is 19.5 Å². The molecular weight excluding hydrogens is 685 g/mol. The number of benzene rings is 7. The highest BCUT2D eigenvalue weighted by Crippen LogP contribution is 2.54. The molecule has 2 atom stereocenters. The van der Waals surface area contributed by atoms with E-state index < -0.39 is 0 Å². The zero-order chi connectivity index (χ0) is 37.0. The summed E-state index contributed by atoms with van der Waals surface area (Å²) in [6, 6.07) is 61.4. The first-order valence-electron chi connectivity index (χ1n) is 19.0. The van der Waals surface area contributed by atoms with Crippen LogP contribution in [0.2, 0.25) is 0 Å². The fourth-order valence-corrected chi connectivity index (χ4v) is 8.46. The van der Waals surface area contributed by atoms with E-state index in [4.69, 9.17) is 19.7 Å². The Balaban J connectivity index is 0.994. The van der Waals surface area contributed by atoms with Crippen molar-refractivity contribution in [3.8, 4) is 56.7 Å². The molecule has 1 aliphatic heterocycles. The highest BCUT2D eigenvalue weighted by Gasteiger charge is 2.40. The van der Waals surface area contributed by atoms with E-state index in [2.05, 4.69) is 162 Å². The third-order valence-corrected chi connectivity index (χ3v) is 11.1. The maximum Gasteiger partial charge on any atom is 0.164 e. The summed E-state index contributed by atoms with van der Waals surface area (Å²) in [4.78, 5) is 15.0. The zero-order valence-electron chi connectivity index (χ0n) is 30.3. The van der Waals surface area contributed by atoms with Gasteiger partial charge in [0, 0.05) is 44.6 Å². The average Bonchev–Trinajstić information content (AvgIpc) is 3.83. The molecule has 5 heteroatoms. The normalized spacial score (nSPS) is 15.7. The van der Waals surface area contributed by atoms with Gasteiger partial charge >= 0.3 is 0 Å². The maximum absolute atomic E-state index is 6.66. The molecule has 11 rings (SSSR count). The number of allylic oxidation sites excluding steroid dienone is 4. The van der Waals surface area contributed by atoms with E-state index in [0.717, 1.165) is 39.4 Å². The molecule has 0 saturated heterocycles. The zero-order valence-corrected chi connectivity index (χ0v) is 30.3. The quantitative estimate of drug-likeness (QED) is 0.172. The Labute approximate surface area is 324 Å². The number of para-hydroxylation sites is 2. The number of nitrogens with zero attached hydrogens (tertiary/aromatic N) is 4. The maximum atomic E-state index is 6.66. The summed E-state index contributed by atoms with van der Waals surface area (Å²) in [7, 11) is 0. The van der Waals surface area contributed by atoms with Crippen molar-refractivity contribution >= 4 is 21.8 Å². The number of aromatic nitrogens is 4. The smallest absolute Gasteiger partial charge is 0.164 e. The van der Waals surface area contributed by atoms with E-state index in [-0.39, 0.29) is 11.8 Å². The van der Waals surface area contributed by atoms with Crippen molar-refractivity contribution in [1.82, 2.24) is 19.5 Å². The van der Waals surface area contributed by atoms with Crippen LogP contribution in [0.15, 0.2) is 200 Å². The second-order valence-corrected chi connectivity index (χ2v) is 14.4. The lowest BCUT2D eigenvalue weighted by molar-refractivity contribution is 0.416. The van der Waals surface area contributed by atoms with Gasteiger partial charge in [-0.05, 0) is 53.1 Å². The van der Waals surface area contributed by atoms with Gasteiger partial charge in [0.2, 0.25) is 0 Å². The van der Waals surface area contributed by atoms with E-state index in [1.807, 2.05) is 36.4 Å². The molecule has 0 amide bonds. The fourth-order valence-electron chi connectivity index (χ4n) is 8.46. The van der Waals surface area contributed by atoms with E-state index in [0.29, 0.717) is 17.5 Å². The summed E-state index contributed by atoms with van der Waals surface area (Å²) in [5.74, 6) is 3.89. The molecule has 0 fully saturated rings. The van der Waals surface area contributed by atoms with E-state index in [9.17, 15) is 0 Å². The van der Waals surface area contributed by atoms with Crippen molar-refractivity contribution in [2.75, 3.05) is 0 Å². The van der Waals surface area contributed by atoms with Gasteiger partial charge < -0.3 is 9.30 Å².